The molecule has 1 unspecified atom stereocenters. The van der Waals surface area contributed by atoms with Gasteiger partial charge in [0, 0.05) is 22.0 Å². The SMILES string of the molecule is CCOc1cc(C2C(C(=O)Nc3cccc(C)c3)=C(C)Nc3nnnn32)cc(Br)c1OCc1ccccc1Cl. The van der Waals surface area contributed by atoms with Crippen LogP contribution in [0.1, 0.15) is 36.6 Å². The molecule has 0 fully saturated rings. The number of hydrogen-bond acceptors (Lipinski definition) is 7. The highest BCUT2D eigenvalue weighted by Gasteiger charge is 2.35. The number of aromatic nitrogens is 4. The second-order valence-electron chi connectivity index (χ2n) is 8.98. The molecule has 0 saturated carbocycles. The van der Waals surface area contributed by atoms with Crippen LogP contribution in [0.5, 0.6) is 11.5 Å². The minimum Gasteiger partial charge on any atom is -0.490 e. The van der Waals surface area contributed by atoms with Gasteiger partial charge in [-0.15, -0.1) is 0 Å². The van der Waals surface area contributed by atoms with Crippen molar-refractivity contribution in [2.24, 2.45) is 0 Å². The largest absolute Gasteiger partial charge is 0.490 e. The molecule has 1 aromatic heterocycles. The van der Waals surface area contributed by atoms with Crippen LogP contribution in [0.3, 0.4) is 0 Å². The number of anilines is 2. The van der Waals surface area contributed by atoms with Crippen LogP contribution >= 0.6 is 27.5 Å². The van der Waals surface area contributed by atoms with E-state index in [9.17, 15) is 4.79 Å². The first-order valence-electron chi connectivity index (χ1n) is 12.3. The Bertz CT molecular complexity index is 1570. The van der Waals surface area contributed by atoms with E-state index in [1.807, 2.05) is 81.4 Å². The van der Waals surface area contributed by atoms with Crippen LogP contribution in [0, 0.1) is 6.92 Å². The quantitative estimate of drug-likeness (QED) is 0.242. The normalized spacial score (nSPS) is 14.4. The molecular formula is C28H26BrClN6O3. The third-order valence-electron chi connectivity index (χ3n) is 6.21. The third kappa shape index (κ3) is 5.62. The summed E-state index contributed by atoms with van der Waals surface area (Å²) >= 11 is 9.99. The lowest BCUT2D eigenvalue weighted by Crippen LogP contribution is -2.31. The summed E-state index contributed by atoms with van der Waals surface area (Å²) in [5, 5.41) is 18.9. The lowest BCUT2D eigenvalue weighted by Gasteiger charge is -2.28. The number of halogens is 2. The van der Waals surface area contributed by atoms with Gasteiger partial charge in [-0.3, -0.25) is 4.79 Å². The predicted octanol–water partition coefficient (Wildman–Crippen LogP) is 6.30. The minimum atomic E-state index is -0.630. The van der Waals surface area contributed by atoms with E-state index >= 15 is 0 Å². The predicted molar refractivity (Wildman–Crippen MR) is 153 cm³/mol. The monoisotopic (exact) mass is 608 g/mol. The van der Waals surface area contributed by atoms with Gasteiger partial charge in [-0.05, 0) is 88.6 Å². The summed E-state index contributed by atoms with van der Waals surface area (Å²) in [6.07, 6.45) is 0. The number of allylic oxidation sites excluding steroid dienone is 1. The van der Waals surface area contributed by atoms with Crippen molar-refractivity contribution in [1.82, 2.24) is 20.2 Å². The summed E-state index contributed by atoms with van der Waals surface area (Å²) in [7, 11) is 0. The number of tetrazole rings is 1. The Labute approximate surface area is 239 Å². The van der Waals surface area contributed by atoms with E-state index in [-0.39, 0.29) is 12.5 Å². The van der Waals surface area contributed by atoms with Crippen LogP contribution in [-0.2, 0) is 11.4 Å². The van der Waals surface area contributed by atoms with E-state index < -0.39 is 6.04 Å². The van der Waals surface area contributed by atoms with Crippen molar-refractivity contribution >= 4 is 45.1 Å². The molecule has 0 aliphatic carbocycles. The Morgan fingerprint density at radius 2 is 1.95 bits per heavy atom. The Morgan fingerprint density at radius 1 is 1.13 bits per heavy atom. The standard InChI is InChI=1S/C28H26BrClN6O3/c1-4-38-23-14-19(13-21(29)26(23)39-15-18-9-5-6-11-22(18)30)25-24(17(3)31-28-33-34-35-36(25)28)27(37)32-20-10-7-8-16(2)12-20/h5-14,25H,4,15H2,1-3H3,(H,32,37)(H,31,33,35). The number of rotatable bonds is 8. The number of fused-ring (bicyclic) bond motifs is 1. The molecule has 1 atom stereocenters. The van der Waals surface area contributed by atoms with Gasteiger partial charge in [0.2, 0.25) is 5.95 Å². The fraction of sp³-hybridized carbons (Fsp3) is 0.214. The molecule has 2 N–H and O–H groups in total. The van der Waals surface area contributed by atoms with Crippen molar-refractivity contribution in [3.63, 3.8) is 0 Å². The number of aryl methyl sites for hydroxylation is 1. The molecule has 3 aromatic carbocycles. The van der Waals surface area contributed by atoms with Gasteiger partial charge in [-0.25, -0.2) is 0 Å². The van der Waals surface area contributed by atoms with Gasteiger partial charge < -0.3 is 20.1 Å². The van der Waals surface area contributed by atoms with Gasteiger partial charge in [-0.2, -0.15) is 4.68 Å². The van der Waals surface area contributed by atoms with E-state index in [1.165, 1.54) is 0 Å². The topological polar surface area (TPSA) is 103 Å². The maximum atomic E-state index is 13.7. The van der Waals surface area contributed by atoms with Crippen molar-refractivity contribution in [3.05, 3.63) is 98.1 Å². The van der Waals surface area contributed by atoms with E-state index in [2.05, 4.69) is 42.1 Å². The fourth-order valence-corrected chi connectivity index (χ4v) is 5.21. The number of nitrogens with zero attached hydrogens (tertiary/aromatic N) is 4. The van der Waals surface area contributed by atoms with E-state index in [4.69, 9.17) is 21.1 Å². The van der Waals surface area contributed by atoms with Crippen molar-refractivity contribution in [2.75, 3.05) is 17.2 Å². The highest BCUT2D eigenvalue weighted by Crippen LogP contribution is 2.43. The van der Waals surface area contributed by atoms with Gasteiger partial charge >= 0.3 is 0 Å². The molecule has 1 aliphatic heterocycles. The number of amides is 1. The molecule has 0 bridgehead atoms. The zero-order valence-corrected chi connectivity index (χ0v) is 23.9. The van der Waals surface area contributed by atoms with Crippen molar-refractivity contribution in [2.45, 2.75) is 33.4 Å². The third-order valence-corrected chi connectivity index (χ3v) is 7.17. The highest BCUT2D eigenvalue weighted by atomic mass is 79.9. The lowest BCUT2D eigenvalue weighted by molar-refractivity contribution is -0.113. The maximum absolute atomic E-state index is 13.7. The molecule has 1 aliphatic rings. The lowest BCUT2D eigenvalue weighted by atomic mass is 9.94. The van der Waals surface area contributed by atoms with Gasteiger partial charge in [0.05, 0.1) is 16.7 Å². The van der Waals surface area contributed by atoms with Crippen LogP contribution in [0.4, 0.5) is 11.6 Å². The Balaban J connectivity index is 1.54. The van der Waals surface area contributed by atoms with E-state index in [1.54, 1.807) is 4.68 Å². The molecular weight excluding hydrogens is 584 g/mol. The molecule has 0 radical (unpaired) electrons. The first-order chi connectivity index (χ1) is 18.9. The van der Waals surface area contributed by atoms with E-state index in [0.717, 1.165) is 16.7 Å². The van der Waals surface area contributed by atoms with Gasteiger partial charge in [0.15, 0.2) is 11.5 Å². The number of carbonyl (C=O) groups excluding carboxylic acids is 1. The van der Waals surface area contributed by atoms with Crippen molar-refractivity contribution in [1.29, 1.82) is 0 Å². The van der Waals surface area contributed by atoms with Crippen molar-refractivity contribution in [3.8, 4) is 11.5 Å². The average molecular weight is 610 g/mol. The summed E-state index contributed by atoms with van der Waals surface area (Å²) in [4.78, 5) is 13.7. The summed E-state index contributed by atoms with van der Waals surface area (Å²) in [6, 6.07) is 18.3. The van der Waals surface area contributed by atoms with E-state index in [0.29, 0.717) is 50.5 Å². The second-order valence-corrected chi connectivity index (χ2v) is 10.2. The molecule has 0 spiro atoms. The molecule has 39 heavy (non-hydrogen) atoms. The van der Waals surface area contributed by atoms with Crippen LogP contribution in [-0.4, -0.2) is 32.7 Å². The highest BCUT2D eigenvalue weighted by molar-refractivity contribution is 9.10. The van der Waals surface area contributed by atoms with Crippen LogP contribution < -0.4 is 20.1 Å². The Kier molecular flexibility index (Phi) is 7.85. The molecule has 9 nitrogen and oxygen atoms in total. The molecule has 0 saturated heterocycles. The molecule has 200 valence electrons. The number of ether oxygens (including phenoxy) is 2. The number of nitrogens with one attached hydrogen (secondary N) is 2. The Hall–Kier alpha value is -3.89. The molecule has 4 aromatic rings. The summed E-state index contributed by atoms with van der Waals surface area (Å²) in [5.74, 6) is 1.19. The maximum Gasteiger partial charge on any atom is 0.255 e. The summed E-state index contributed by atoms with van der Waals surface area (Å²) < 4.78 is 14.4. The van der Waals surface area contributed by atoms with Gasteiger partial charge in [0.25, 0.3) is 5.91 Å². The zero-order chi connectivity index (χ0) is 27.5. The minimum absolute atomic E-state index is 0.255. The van der Waals surface area contributed by atoms with Crippen LogP contribution in [0.15, 0.2) is 76.4 Å². The summed E-state index contributed by atoms with van der Waals surface area (Å²) in [6.45, 7) is 6.37. The summed E-state index contributed by atoms with van der Waals surface area (Å²) in [5.41, 5.74) is 4.43. The molecule has 11 heteroatoms. The average Bonchev–Trinajstić information content (AvgIpc) is 3.36. The number of benzene rings is 3. The number of carbonyl (C=O) groups is 1. The Morgan fingerprint density at radius 3 is 2.72 bits per heavy atom. The smallest absolute Gasteiger partial charge is 0.255 e. The molecule has 5 rings (SSSR count). The van der Waals surface area contributed by atoms with Crippen molar-refractivity contribution < 1.29 is 14.3 Å². The van der Waals surface area contributed by atoms with Crippen LogP contribution in [0.25, 0.3) is 0 Å². The van der Waals surface area contributed by atoms with Crippen LogP contribution in [0.2, 0.25) is 5.02 Å². The molecule has 1 amide bonds. The van der Waals surface area contributed by atoms with Gasteiger partial charge in [0.1, 0.15) is 12.6 Å². The second kappa shape index (κ2) is 11.5. The number of hydrogen-bond donors (Lipinski definition) is 2. The van der Waals surface area contributed by atoms with Gasteiger partial charge in [-0.1, -0.05) is 47.0 Å². The fourth-order valence-electron chi connectivity index (χ4n) is 4.45. The first kappa shape index (κ1) is 26.7. The first-order valence-corrected chi connectivity index (χ1v) is 13.5. The zero-order valence-electron chi connectivity index (χ0n) is 21.5. The molecule has 2 heterocycles.